The van der Waals surface area contributed by atoms with Crippen LogP contribution in [0, 0.1) is 0 Å². The van der Waals surface area contributed by atoms with Gasteiger partial charge in [0, 0.05) is 16.1 Å². The summed E-state index contributed by atoms with van der Waals surface area (Å²) in [6, 6.07) is 14.1. The molecule has 23 heavy (non-hydrogen) atoms. The Hall–Kier alpha value is -2.99. The molecular formula is C16H12ClN5O. The van der Waals surface area contributed by atoms with Crippen LogP contribution in [0.1, 0.15) is 11.4 Å². The zero-order valence-electron chi connectivity index (χ0n) is 11.9. The van der Waals surface area contributed by atoms with Crippen LogP contribution in [0.3, 0.4) is 0 Å². The topological polar surface area (TPSA) is 97.3 Å². The van der Waals surface area contributed by atoms with E-state index < -0.39 is 0 Å². The Kier molecular flexibility index (Phi) is 4.16. The van der Waals surface area contributed by atoms with E-state index in [-0.39, 0.29) is 17.3 Å². The fraction of sp³-hybridized carbons (Fsp3) is 0. The Morgan fingerprint density at radius 3 is 2.65 bits per heavy atom. The van der Waals surface area contributed by atoms with E-state index >= 15 is 0 Å². The van der Waals surface area contributed by atoms with Crippen LogP contribution in [0.5, 0.6) is 5.75 Å². The number of phenolic OH excluding ortho intramolecular Hbond substituents is 1. The average Bonchev–Trinajstić information content (AvgIpc) is 2.60. The Bertz CT molecular complexity index is 867. The quantitative estimate of drug-likeness (QED) is 0.438. The van der Waals surface area contributed by atoms with Crippen LogP contribution in [0.25, 0.3) is 11.3 Å². The molecule has 0 fully saturated rings. The SMILES string of the molecule is N/N=C(/c1nncc(-c2ccccc2)n1)c1cc(Cl)ccc1O. The fourth-order valence-electron chi connectivity index (χ4n) is 2.10. The number of phenols is 1. The molecular weight excluding hydrogens is 314 g/mol. The van der Waals surface area contributed by atoms with Crippen molar-refractivity contribution in [3.8, 4) is 17.0 Å². The van der Waals surface area contributed by atoms with Gasteiger partial charge in [0.15, 0.2) is 0 Å². The molecule has 3 N–H and O–H groups in total. The van der Waals surface area contributed by atoms with Gasteiger partial charge in [-0.15, -0.1) is 5.10 Å². The highest BCUT2D eigenvalue weighted by Crippen LogP contribution is 2.24. The third-order valence-corrected chi connectivity index (χ3v) is 3.42. The summed E-state index contributed by atoms with van der Waals surface area (Å²) >= 11 is 5.97. The highest BCUT2D eigenvalue weighted by atomic mass is 35.5. The Morgan fingerprint density at radius 1 is 1.13 bits per heavy atom. The van der Waals surface area contributed by atoms with Crippen LogP contribution in [-0.4, -0.2) is 26.0 Å². The molecule has 3 aromatic rings. The highest BCUT2D eigenvalue weighted by molar-refractivity contribution is 6.31. The van der Waals surface area contributed by atoms with Crippen molar-refractivity contribution in [2.75, 3.05) is 0 Å². The molecule has 0 radical (unpaired) electrons. The second-order valence-corrected chi connectivity index (χ2v) is 5.11. The van der Waals surface area contributed by atoms with Gasteiger partial charge in [-0.1, -0.05) is 41.9 Å². The van der Waals surface area contributed by atoms with Gasteiger partial charge >= 0.3 is 0 Å². The zero-order chi connectivity index (χ0) is 16.2. The third kappa shape index (κ3) is 3.12. The molecule has 6 nitrogen and oxygen atoms in total. The lowest BCUT2D eigenvalue weighted by Gasteiger charge is -2.08. The molecule has 114 valence electrons. The lowest BCUT2D eigenvalue weighted by molar-refractivity contribution is 0.474. The summed E-state index contributed by atoms with van der Waals surface area (Å²) in [6.45, 7) is 0. The van der Waals surface area contributed by atoms with E-state index in [0.29, 0.717) is 16.3 Å². The summed E-state index contributed by atoms with van der Waals surface area (Å²) < 4.78 is 0. The number of hydrazone groups is 1. The normalized spacial score (nSPS) is 11.4. The van der Waals surface area contributed by atoms with E-state index in [9.17, 15) is 5.11 Å². The third-order valence-electron chi connectivity index (χ3n) is 3.18. The Morgan fingerprint density at radius 2 is 1.91 bits per heavy atom. The van der Waals surface area contributed by atoms with Crippen LogP contribution >= 0.6 is 11.6 Å². The van der Waals surface area contributed by atoms with Gasteiger partial charge in [-0.25, -0.2) is 4.98 Å². The maximum absolute atomic E-state index is 10.0. The number of benzene rings is 2. The van der Waals surface area contributed by atoms with Gasteiger partial charge in [0.25, 0.3) is 0 Å². The van der Waals surface area contributed by atoms with E-state index in [0.717, 1.165) is 5.56 Å². The van der Waals surface area contributed by atoms with Crippen molar-refractivity contribution >= 4 is 17.3 Å². The number of hydrogen-bond donors (Lipinski definition) is 2. The largest absolute Gasteiger partial charge is 0.507 e. The zero-order valence-corrected chi connectivity index (χ0v) is 12.6. The molecule has 0 bridgehead atoms. The van der Waals surface area contributed by atoms with Crippen molar-refractivity contribution in [2.24, 2.45) is 10.9 Å². The molecule has 0 atom stereocenters. The number of rotatable bonds is 3. The van der Waals surface area contributed by atoms with Gasteiger partial charge < -0.3 is 10.9 Å². The summed E-state index contributed by atoms with van der Waals surface area (Å²) in [6.07, 6.45) is 1.55. The van der Waals surface area contributed by atoms with E-state index in [4.69, 9.17) is 17.4 Å². The molecule has 0 unspecified atom stereocenters. The van der Waals surface area contributed by atoms with Gasteiger partial charge in [0.1, 0.15) is 11.5 Å². The van der Waals surface area contributed by atoms with Gasteiger partial charge in [0.2, 0.25) is 5.82 Å². The molecule has 2 aromatic carbocycles. The highest BCUT2D eigenvalue weighted by Gasteiger charge is 2.16. The first-order valence-corrected chi connectivity index (χ1v) is 7.09. The summed E-state index contributed by atoms with van der Waals surface area (Å²) in [5.41, 5.74) is 2.05. The molecule has 0 aliphatic carbocycles. The van der Waals surface area contributed by atoms with Crippen molar-refractivity contribution in [1.29, 1.82) is 0 Å². The lowest BCUT2D eigenvalue weighted by Crippen LogP contribution is -2.13. The molecule has 0 saturated heterocycles. The number of nitrogens with two attached hydrogens (primary N) is 1. The number of hydrogen-bond acceptors (Lipinski definition) is 6. The number of aromatic hydroxyl groups is 1. The van der Waals surface area contributed by atoms with E-state index in [1.165, 1.54) is 6.07 Å². The van der Waals surface area contributed by atoms with Crippen LogP contribution in [0.2, 0.25) is 5.02 Å². The number of halogens is 1. The van der Waals surface area contributed by atoms with E-state index in [1.54, 1.807) is 18.3 Å². The predicted octanol–water partition coefficient (Wildman–Crippen LogP) is 2.61. The molecule has 0 spiro atoms. The van der Waals surface area contributed by atoms with Crippen LogP contribution in [0.4, 0.5) is 0 Å². The van der Waals surface area contributed by atoms with Gasteiger partial charge in [-0.05, 0) is 18.2 Å². The minimum Gasteiger partial charge on any atom is -0.507 e. The van der Waals surface area contributed by atoms with Crippen LogP contribution in [0.15, 0.2) is 59.8 Å². The maximum atomic E-state index is 10.0. The molecule has 7 heteroatoms. The predicted molar refractivity (Wildman–Crippen MR) is 88.2 cm³/mol. The van der Waals surface area contributed by atoms with Crippen molar-refractivity contribution in [1.82, 2.24) is 15.2 Å². The van der Waals surface area contributed by atoms with E-state index in [2.05, 4.69) is 20.3 Å². The summed E-state index contributed by atoms with van der Waals surface area (Å²) in [7, 11) is 0. The smallest absolute Gasteiger partial charge is 0.203 e. The molecule has 0 aliphatic heterocycles. The van der Waals surface area contributed by atoms with Crippen molar-refractivity contribution < 1.29 is 5.11 Å². The summed E-state index contributed by atoms with van der Waals surface area (Å²) in [4.78, 5) is 4.42. The second-order valence-electron chi connectivity index (χ2n) is 4.67. The summed E-state index contributed by atoms with van der Waals surface area (Å²) in [5.74, 6) is 5.65. The summed E-state index contributed by atoms with van der Waals surface area (Å²) in [5, 5.41) is 22.0. The lowest BCUT2D eigenvalue weighted by atomic mass is 10.1. The Labute approximate surface area is 137 Å². The minimum absolute atomic E-state index is 0.0210. The number of aromatic nitrogens is 3. The van der Waals surface area contributed by atoms with Gasteiger partial charge in [0.05, 0.1) is 11.9 Å². The first kappa shape index (κ1) is 14.9. The van der Waals surface area contributed by atoms with Gasteiger partial charge in [-0.3, -0.25) is 0 Å². The van der Waals surface area contributed by atoms with Crippen molar-refractivity contribution in [2.45, 2.75) is 0 Å². The van der Waals surface area contributed by atoms with Crippen molar-refractivity contribution in [3.05, 3.63) is 71.1 Å². The molecule has 0 aliphatic rings. The molecule has 3 rings (SSSR count). The number of nitrogens with zero attached hydrogens (tertiary/aromatic N) is 4. The fourth-order valence-corrected chi connectivity index (χ4v) is 2.27. The molecule has 1 heterocycles. The van der Waals surface area contributed by atoms with Crippen molar-refractivity contribution in [3.63, 3.8) is 0 Å². The standard InChI is InChI=1S/C16H12ClN5O/c17-11-6-7-14(23)12(8-11)15(21-18)16-20-13(9-19-22-16)10-4-2-1-3-5-10/h1-9,23H,18H2/b21-15+. The van der Waals surface area contributed by atoms with Gasteiger partial charge in [-0.2, -0.15) is 10.2 Å². The van der Waals surface area contributed by atoms with E-state index in [1.807, 2.05) is 30.3 Å². The molecule has 0 amide bonds. The first-order chi connectivity index (χ1) is 11.2. The minimum atomic E-state index is -0.0210. The Balaban J connectivity index is 2.08. The van der Waals surface area contributed by atoms with Crippen LogP contribution < -0.4 is 5.84 Å². The maximum Gasteiger partial charge on any atom is 0.203 e. The average molecular weight is 326 g/mol. The first-order valence-electron chi connectivity index (χ1n) is 6.71. The molecule has 0 saturated carbocycles. The monoisotopic (exact) mass is 325 g/mol. The molecule has 1 aromatic heterocycles. The second kappa shape index (κ2) is 6.41. The van der Waals surface area contributed by atoms with Crippen LogP contribution in [-0.2, 0) is 0 Å².